The molecule has 0 fully saturated rings. The minimum absolute atomic E-state index is 0.656. The molecular weight excluding hydrogens is 224 g/mol. The van der Waals surface area contributed by atoms with Gasteiger partial charge in [-0.2, -0.15) is 5.26 Å². The molecule has 0 spiro atoms. The standard InChI is InChI=1S/C14H14N4/c1-2-16-14-9-13(7-8-17-14)18-12-5-3-11(10-15)4-6-12/h3-9H,2H2,1H3,(H2,16,17,18). The summed E-state index contributed by atoms with van der Waals surface area (Å²) in [6.07, 6.45) is 1.75. The van der Waals surface area contributed by atoms with Gasteiger partial charge in [-0.15, -0.1) is 0 Å². The molecule has 2 aromatic rings. The number of nitrogens with one attached hydrogen (secondary N) is 2. The number of aromatic nitrogens is 1. The van der Waals surface area contributed by atoms with Crippen LogP contribution in [-0.2, 0) is 0 Å². The molecule has 0 aliphatic heterocycles. The first kappa shape index (κ1) is 11.9. The molecule has 0 saturated carbocycles. The van der Waals surface area contributed by atoms with Crippen LogP contribution in [0.4, 0.5) is 17.2 Å². The van der Waals surface area contributed by atoms with Crippen molar-refractivity contribution in [2.75, 3.05) is 17.2 Å². The van der Waals surface area contributed by atoms with Gasteiger partial charge in [0.2, 0.25) is 0 Å². The maximum atomic E-state index is 8.73. The van der Waals surface area contributed by atoms with Crippen LogP contribution >= 0.6 is 0 Å². The van der Waals surface area contributed by atoms with E-state index < -0.39 is 0 Å². The lowest BCUT2D eigenvalue weighted by molar-refractivity contribution is 1.16. The summed E-state index contributed by atoms with van der Waals surface area (Å²) in [6.45, 7) is 2.87. The lowest BCUT2D eigenvalue weighted by atomic mass is 10.2. The van der Waals surface area contributed by atoms with Crippen LogP contribution in [-0.4, -0.2) is 11.5 Å². The largest absolute Gasteiger partial charge is 0.370 e. The van der Waals surface area contributed by atoms with Gasteiger partial charge in [-0.05, 0) is 37.3 Å². The number of nitriles is 1. The van der Waals surface area contributed by atoms with Gasteiger partial charge in [-0.1, -0.05) is 0 Å². The minimum Gasteiger partial charge on any atom is -0.370 e. The summed E-state index contributed by atoms with van der Waals surface area (Å²) in [5, 5.41) is 15.1. The third kappa shape index (κ3) is 2.98. The molecule has 2 N–H and O–H groups in total. The zero-order chi connectivity index (χ0) is 12.8. The Hall–Kier alpha value is -2.54. The summed E-state index contributed by atoms with van der Waals surface area (Å²) >= 11 is 0. The summed E-state index contributed by atoms with van der Waals surface area (Å²) in [5.41, 5.74) is 2.57. The van der Waals surface area contributed by atoms with Crippen LogP contribution in [0.3, 0.4) is 0 Å². The zero-order valence-corrected chi connectivity index (χ0v) is 10.1. The van der Waals surface area contributed by atoms with Gasteiger partial charge in [0.1, 0.15) is 5.82 Å². The Morgan fingerprint density at radius 3 is 2.61 bits per heavy atom. The average Bonchev–Trinajstić information content (AvgIpc) is 2.40. The number of nitrogens with zero attached hydrogens (tertiary/aromatic N) is 2. The van der Waals surface area contributed by atoms with E-state index in [1.165, 1.54) is 0 Å². The van der Waals surface area contributed by atoms with Gasteiger partial charge in [0.15, 0.2) is 0 Å². The molecule has 0 bridgehead atoms. The maximum absolute atomic E-state index is 8.73. The van der Waals surface area contributed by atoms with Crippen molar-refractivity contribution >= 4 is 17.2 Å². The molecule has 0 aliphatic carbocycles. The van der Waals surface area contributed by atoms with Crippen molar-refractivity contribution in [1.82, 2.24) is 4.98 Å². The highest BCUT2D eigenvalue weighted by atomic mass is 15.0. The number of pyridine rings is 1. The number of rotatable bonds is 4. The van der Waals surface area contributed by atoms with Gasteiger partial charge >= 0.3 is 0 Å². The second kappa shape index (κ2) is 5.69. The second-order valence-corrected chi connectivity index (χ2v) is 3.77. The second-order valence-electron chi connectivity index (χ2n) is 3.77. The third-order valence-corrected chi connectivity index (χ3v) is 2.42. The summed E-state index contributed by atoms with van der Waals surface area (Å²) in [5.74, 6) is 0.844. The Labute approximate surface area is 106 Å². The van der Waals surface area contributed by atoms with Crippen molar-refractivity contribution in [2.24, 2.45) is 0 Å². The summed E-state index contributed by atoms with van der Waals surface area (Å²) in [7, 11) is 0. The van der Waals surface area contributed by atoms with E-state index in [4.69, 9.17) is 5.26 Å². The molecule has 4 heteroatoms. The van der Waals surface area contributed by atoms with Gasteiger partial charge < -0.3 is 10.6 Å². The maximum Gasteiger partial charge on any atom is 0.127 e. The predicted octanol–water partition coefficient (Wildman–Crippen LogP) is 3.13. The van der Waals surface area contributed by atoms with E-state index in [2.05, 4.69) is 21.7 Å². The van der Waals surface area contributed by atoms with E-state index >= 15 is 0 Å². The lowest BCUT2D eigenvalue weighted by Gasteiger charge is -2.08. The topological polar surface area (TPSA) is 60.7 Å². The predicted molar refractivity (Wildman–Crippen MR) is 72.8 cm³/mol. The van der Waals surface area contributed by atoms with E-state index in [-0.39, 0.29) is 0 Å². The fourth-order valence-corrected chi connectivity index (χ4v) is 1.58. The number of benzene rings is 1. The molecule has 1 aromatic heterocycles. The highest BCUT2D eigenvalue weighted by molar-refractivity contribution is 5.62. The van der Waals surface area contributed by atoms with Crippen LogP contribution in [0.25, 0.3) is 0 Å². The number of anilines is 3. The van der Waals surface area contributed by atoms with Crippen LogP contribution in [0.1, 0.15) is 12.5 Å². The first-order valence-electron chi connectivity index (χ1n) is 5.79. The Balaban J connectivity index is 2.12. The van der Waals surface area contributed by atoms with Gasteiger partial charge in [0.25, 0.3) is 0 Å². The van der Waals surface area contributed by atoms with Gasteiger partial charge in [0, 0.05) is 30.2 Å². The smallest absolute Gasteiger partial charge is 0.127 e. The van der Waals surface area contributed by atoms with Crippen LogP contribution in [0.5, 0.6) is 0 Å². The molecule has 0 radical (unpaired) electrons. The molecule has 0 aliphatic rings. The van der Waals surface area contributed by atoms with Crippen LogP contribution in [0, 0.1) is 11.3 Å². The molecule has 0 unspecified atom stereocenters. The lowest BCUT2D eigenvalue weighted by Crippen LogP contribution is -1.99. The molecule has 18 heavy (non-hydrogen) atoms. The fourth-order valence-electron chi connectivity index (χ4n) is 1.58. The monoisotopic (exact) mass is 238 g/mol. The van der Waals surface area contributed by atoms with E-state index in [1.807, 2.05) is 31.2 Å². The van der Waals surface area contributed by atoms with Crippen molar-refractivity contribution in [1.29, 1.82) is 5.26 Å². The molecule has 0 amide bonds. The van der Waals surface area contributed by atoms with E-state index in [0.29, 0.717) is 5.56 Å². The summed E-state index contributed by atoms with van der Waals surface area (Å²) in [4.78, 5) is 4.20. The SMILES string of the molecule is CCNc1cc(Nc2ccc(C#N)cc2)ccn1. The van der Waals surface area contributed by atoms with Gasteiger partial charge in [-0.3, -0.25) is 0 Å². The Kier molecular flexibility index (Phi) is 3.77. The van der Waals surface area contributed by atoms with Crippen molar-refractivity contribution in [3.05, 3.63) is 48.2 Å². The molecule has 2 rings (SSSR count). The quantitative estimate of drug-likeness (QED) is 0.859. The summed E-state index contributed by atoms with van der Waals surface area (Å²) < 4.78 is 0. The van der Waals surface area contributed by atoms with Crippen LogP contribution in [0.2, 0.25) is 0 Å². The Morgan fingerprint density at radius 2 is 1.94 bits per heavy atom. The van der Waals surface area contributed by atoms with Crippen LogP contribution in [0.15, 0.2) is 42.6 Å². The van der Waals surface area contributed by atoms with E-state index in [0.717, 1.165) is 23.7 Å². The molecule has 0 atom stereocenters. The number of hydrogen-bond acceptors (Lipinski definition) is 4. The molecule has 4 nitrogen and oxygen atoms in total. The molecule has 90 valence electrons. The van der Waals surface area contributed by atoms with E-state index in [9.17, 15) is 0 Å². The van der Waals surface area contributed by atoms with Crippen molar-refractivity contribution < 1.29 is 0 Å². The normalized spacial score (nSPS) is 9.56. The molecule has 1 heterocycles. The highest BCUT2D eigenvalue weighted by Crippen LogP contribution is 2.18. The van der Waals surface area contributed by atoms with E-state index in [1.54, 1.807) is 18.3 Å². The average molecular weight is 238 g/mol. The highest BCUT2D eigenvalue weighted by Gasteiger charge is 1.97. The van der Waals surface area contributed by atoms with Crippen molar-refractivity contribution in [3.63, 3.8) is 0 Å². The van der Waals surface area contributed by atoms with Crippen molar-refractivity contribution in [3.8, 4) is 6.07 Å². The number of hydrogen-bond donors (Lipinski definition) is 2. The fraction of sp³-hybridized carbons (Fsp3) is 0.143. The van der Waals surface area contributed by atoms with Gasteiger partial charge in [-0.25, -0.2) is 4.98 Å². The zero-order valence-electron chi connectivity index (χ0n) is 10.1. The van der Waals surface area contributed by atoms with Crippen molar-refractivity contribution in [2.45, 2.75) is 6.92 Å². The minimum atomic E-state index is 0.656. The Morgan fingerprint density at radius 1 is 1.17 bits per heavy atom. The van der Waals surface area contributed by atoms with Gasteiger partial charge in [0.05, 0.1) is 11.6 Å². The molecule has 1 aromatic carbocycles. The summed E-state index contributed by atoms with van der Waals surface area (Å²) in [6, 6.07) is 13.3. The molecular formula is C14H14N4. The Bertz CT molecular complexity index is 555. The molecule has 0 saturated heterocycles. The third-order valence-electron chi connectivity index (χ3n) is 2.42. The first-order chi connectivity index (χ1) is 8.81. The first-order valence-corrected chi connectivity index (χ1v) is 5.79. The van der Waals surface area contributed by atoms with Crippen LogP contribution < -0.4 is 10.6 Å².